The Morgan fingerprint density at radius 3 is 0.977 bits per heavy atom. The third-order valence-corrected chi connectivity index (χ3v) is 6.50. The number of carbonyl (C=O) groups excluding carboxylic acids is 1. The van der Waals surface area contributed by atoms with Crippen molar-refractivity contribution in [3.05, 3.63) is 58.7 Å². The number of hydrogen-bond donors (Lipinski definition) is 2. The maximum absolute atomic E-state index is 12.0. The van der Waals surface area contributed by atoms with Gasteiger partial charge in [0.15, 0.2) is 0 Å². The Kier molecular flexibility index (Phi) is 1150. The van der Waals surface area contributed by atoms with Crippen LogP contribution in [-0.2, 0) is 1750 Å². The van der Waals surface area contributed by atoms with E-state index >= 15 is 0 Å². The Balaban J connectivity index is -0.00000000403. The van der Waals surface area contributed by atoms with E-state index < -0.39 is 7.60 Å². The van der Waals surface area contributed by atoms with Gasteiger partial charge in [-0.1, -0.05) is 68.2 Å². The number of amides is 1. The van der Waals surface area contributed by atoms with Crippen LogP contribution in [0.3, 0.4) is 0 Å². The first kappa shape index (κ1) is 356. The Morgan fingerprint density at radius 2 is 0.721 bits per heavy atom. The molecule has 0 saturated heterocycles. The summed E-state index contributed by atoms with van der Waals surface area (Å²) in [5.41, 5.74) is 5.29. The average Bonchev–Trinajstić information content (AvgIpc) is 2.68. The SMILES string of the molecule is CC1=C(/C=C/C(C)=C/C=C/C(C)=C/C(=O)NCCCCCCOP(C)(=O)O)C(C)(C)CCC1.[Y].[Y].[Y].[Y].[Y].[Y].[Y].[Y].[Y].[Y].[Y].[Y].[Y].[Y].[Y].[Y].[Y].[Y].[Y].[Y].[Y].[Y].[Y].[Y].[Y].[Y].[Y].[Y].[Y].[Y].[Y].[Y].[Y].[Y].[Y].[Y].[Y].[Y].[Y].[Y].[Y].[Y].[Y].[Y].[Y].[Y].[Y].[Y].[Y].[Y].[Y].[Y].[Y]. The van der Waals surface area contributed by atoms with Crippen LogP contribution in [0.1, 0.15) is 79.6 Å². The maximum atomic E-state index is 12.0. The molecule has 0 bridgehead atoms. The minimum Gasteiger partial charge on any atom is -0.353 e. The predicted octanol–water partition coefficient (Wildman–Crippen LogP) is 6.89. The van der Waals surface area contributed by atoms with E-state index in [2.05, 4.69) is 51.2 Å². The minimum atomic E-state index is -3.36. The summed E-state index contributed by atoms with van der Waals surface area (Å²) < 4.78 is 15.8. The molecule has 53 radical (unpaired) electrons. The summed E-state index contributed by atoms with van der Waals surface area (Å²) in [6.45, 7) is 13.0. The van der Waals surface area contributed by atoms with E-state index in [9.17, 15) is 9.36 Å². The van der Waals surface area contributed by atoms with Crippen LogP contribution < -0.4 is 5.32 Å². The molecule has 1 aliphatic carbocycles. The van der Waals surface area contributed by atoms with Gasteiger partial charge >= 0.3 is 7.60 Å². The Bertz CT molecular complexity index is 923. The summed E-state index contributed by atoms with van der Waals surface area (Å²) in [6.07, 6.45) is 19.2. The first-order valence-corrected chi connectivity index (χ1v) is 14.1. The van der Waals surface area contributed by atoms with Crippen LogP contribution in [0.4, 0.5) is 0 Å². The molecule has 1 atom stereocenters. The van der Waals surface area contributed by atoms with Crippen LogP contribution in [-0.4, -0.2) is 30.6 Å². The van der Waals surface area contributed by atoms with E-state index in [0.717, 1.165) is 31.3 Å². The van der Waals surface area contributed by atoms with Gasteiger partial charge in [0.05, 0.1) is 6.61 Å². The summed E-state index contributed by atoms with van der Waals surface area (Å²) in [5, 5.41) is 2.90. The molecule has 1 unspecified atom stereocenters. The van der Waals surface area contributed by atoms with E-state index in [1.807, 2.05) is 19.1 Å². The molecule has 0 aromatic heterocycles. The Labute approximate surface area is 1860 Å². The van der Waals surface area contributed by atoms with Crippen molar-refractivity contribution >= 4 is 13.5 Å². The molecule has 0 aliphatic heterocycles. The molecule has 0 heterocycles. The van der Waals surface area contributed by atoms with Crippen molar-refractivity contribution < 1.29 is 1750 Å². The summed E-state index contributed by atoms with van der Waals surface area (Å²) in [5.74, 6) is -0.0878. The fraction of sp³-hybridized carbons (Fsp3) is 0.593. The number of nitrogens with one attached hydrogen (secondary N) is 1. The van der Waals surface area contributed by atoms with Crippen LogP contribution in [0.25, 0.3) is 0 Å². The fourth-order valence-electron chi connectivity index (χ4n) is 3.96. The van der Waals surface area contributed by atoms with Crippen molar-refractivity contribution in [1.82, 2.24) is 5.32 Å². The van der Waals surface area contributed by atoms with Crippen LogP contribution in [0, 0.1) is 5.41 Å². The third kappa shape index (κ3) is 271. The van der Waals surface area contributed by atoms with Crippen LogP contribution >= 0.6 is 7.60 Å². The van der Waals surface area contributed by atoms with E-state index in [1.54, 1.807) is 6.08 Å². The van der Waals surface area contributed by atoms with E-state index in [1.165, 1.54) is 42.6 Å². The van der Waals surface area contributed by atoms with E-state index in [4.69, 9.17) is 9.42 Å². The smallest absolute Gasteiger partial charge is 0.325 e. The molecule has 1 rings (SSSR count). The number of carbonyl (C=O) groups is 1. The predicted molar refractivity (Wildman–Crippen MR) is 139 cm³/mol. The van der Waals surface area contributed by atoms with Gasteiger partial charge in [0.2, 0.25) is 5.91 Å². The standard InChI is InChI=1S/C27H44NO4P.53Y/c1-22(16-17-25-24(3)15-12-18-27(25,4)5)13-11-14-23(2)21-26(29)28-19-9-7-8-10-20-32-33(6,30)31;;;;;;;;;;;;;;;;;;;;;;;;;;;;;;;;;;;;;;;;;;;;;;;;;;;;;/h11,13-14,16-17,21H,7-10,12,15,18-20H2,1-6H3,(H,28,29)(H,30,31);;;;;;;;;;;;;;;;;;;;;;;;;;;;;;;;;;;;;;;;;;;;;;;;;;;;;/b14-11+,17-16+,22-13+,23-21+;;;;;;;;;;;;;;;;;;;;;;;;;;;;;;;;;;;;;;;;;;;;;;;;;;;;;. The molecule has 0 saturated carbocycles. The van der Waals surface area contributed by atoms with Crippen molar-refractivity contribution in [1.29, 1.82) is 0 Å². The van der Waals surface area contributed by atoms with Gasteiger partial charge in [-0.3, -0.25) is 9.36 Å². The average molecular weight is 5190 g/mol. The molecule has 0 aromatic carbocycles. The van der Waals surface area contributed by atoms with Crippen LogP contribution in [0.2, 0.25) is 0 Å². The molecule has 1 amide bonds. The second-order valence-electron chi connectivity index (χ2n) is 9.76. The van der Waals surface area contributed by atoms with Gasteiger partial charge < -0.3 is 14.7 Å². The van der Waals surface area contributed by atoms with Gasteiger partial charge in [-0.05, 0) is 69.4 Å². The van der Waals surface area contributed by atoms with Gasteiger partial charge in [0, 0.05) is 1750 Å². The van der Waals surface area contributed by atoms with Crippen molar-refractivity contribution in [2.75, 3.05) is 19.8 Å². The monoisotopic (exact) mass is 5190 g/mol. The van der Waals surface area contributed by atoms with Gasteiger partial charge in [0.1, 0.15) is 0 Å². The molecule has 5 nitrogen and oxygen atoms in total. The summed E-state index contributed by atoms with van der Waals surface area (Å²) >= 11 is 0. The minimum absolute atomic E-state index is 0. The number of allylic oxidation sites excluding steroid dienone is 9. The van der Waals surface area contributed by atoms with Crippen molar-refractivity contribution in [3.8, 4) is 0 Å². The van der Waals surface area contributed by atoms with Crippen LogP contribution in [0.5, 0.6) is 0 Å². The zero-order valence-electron chi connectivity index (χ0n) is 52.0. The summed E-state index contributed by atoms with van der Waals surface area (Å²) in [4.78, 5) is 21.1. The first-order valence-electron chi connectivity index (χ1n) is 12.0. The van der Waals surface area contributed by atoms with Crippen molar-refractivity contribution in [2.24, 2.45) is 5.41 Å². The molecule has 59 heteroatoms. The molecular formula is C27H44NO4PY53. The molecule has 0 spiro atoms. The second-order valence-corrected chi connectivity index (χ2v) is 11.6. The Morgan fingerprint density at radius 1 is 0.453 bits per heavy atom. The molecule has 345 valence electrons. The molecular weight excluding hydrogens is 5150 g/mol. The largest absolute Gasteiger partial charge is 0.353 e. The molecule has 1 aliphatic rings. The zero-order valence-corrected chi connectivity index (χ0v) is 203. The van der Waals surface area contributed by atoms with Gasteiger partial charge in [0.25, 0.3) is 0 Å². The number of hydrogen-bond acceptors (Lipinski definition) is 3. The normalized spacial score (nSPS) is 7.43. The summed E-state index contributed by atoms with van der Waals surface area (Å²) in [7, 11) is -3.36. The molecule has 2 N–H and O–H groups in total. The van der Waals surface area contributed by atoms with Gasteiger partial charge in [-0.15, -0.1) is 0 Å². The number of rotatable bonds is 13. The second kappa shape index (κ2) is 277. The molecule has 0 aromatic rings. The van der Waals surface area contributed by atoms with E-state index in [-0.39, 0.29) is 1740 Å². The summed E-state index contributed by atoms with van der Waals surface area (Å²) in [6, 6.07) is 0. The number of unbranched alkanes of at least 4 members (excludes halogenated alkanes) is 3. The van der Waals surface area contributed by atoms with E-state index in [0.29, 0.717) is 13.2 Å². The first-order chi connectivity index (χ1) is 15.4. The van der Waals surface area contributed by atoms with Gasteiger partial charge in [-0.2, -0.15) is 0 Å². The fourth-order valence-corrected chi connectivity index (χ4v) is 4.43. The van der Waals surface area contributed by atoms with Crippen molar-refractivity contribution in [2.45, 2.75) is 79.6 Å². The molecule has 86 heavy (non-hydrogen) atoms. The van der Waals surface area contributed by atoms with Crippen LogP contribution in [0.15, 0.2) is 58.7 Å². The molecule has 0 fully saturated rings. The maximum Gasteiger partial charge on any atom is 0.325 e. The Hall–Kier alpha value is 56.8. The van der Waals surface area contributed by atoms with Gasteiger partial charge in [-0.25, -0.2) is 0 Å². The topological polar surface area (TPSA) is 75.6 Å². The quantitative estimate of drug-likeness (QED) is 0.0913. The van der Waals surface area contributed by atoms with Crippen molar-refractivity contribution in [3.63, 3.8) is 0 Å². The zero-order chi connectivity index (χ0) is 24.9. The third-order valence-electron chi connectivity index (χ3n) is 5.83.